The molecule has 50 valence electrons. The molecular weight excluding hydrogens is 114 g/mol. The molecule has 0 aromatic heterocycles. The van der Waals surface area contributed by atoms with Gasteiger partial charge in [0.2, 0.25) is 5.78 Å². The minimum Gasteiger partial charge on any atom is -0.330 e. The highest BCUT2D eigenvalue weighted by Crippen LogP contribution is 1.97. The molecule has 0 amide bonds. The number of carbonyl (C=O) groups excluding carboxylic acids is 1. The Hall–Kier alpha value is -0.810. The van der Waals surface area contributed by atoms with E-state index in [0.29, 0.717) is 13.0 Å². The highest BCUT2D eigenvalue weighted by Gasteiger charge is 2.02. The second-order valence-electron chi connectivity index (χ2n) is 2.11. The molecule has 0 spiro atoms. The molecule has 0 aliphatic heterocycles. The van der Waals surface area contributed by atoms with E-state index in [2.05, 4.69) is 0 Å². The summed E-state index contributed by atoms with van der Waals surface area (Å²) in [5.74, 6) is 2.09. The highest BCUT2D eigenvalue weighted by molar-refractivity contribution is 5.94. The third-order valence-corrected chi connectivity index (χ3v) is 1.10. The Bertz CT molecular complexity index is 134. The highest BCUT2D eigenvalue weighted by atomic mass is 16.1. The van der Waals surface area contributed by atoms with Gasteiger partial charge in [-0.05, 0) is 18.4 Å². The fraction of sp³-hybridized carbons (Fsp3) is 0.571. The topological polar surface area (TPSA) is 43.1 Å². The van der Waals surface area contributed by atoms with Crippen LogP contribution in [-0.4, -0.2) is 12.3 Å². The van der Waals surface area contributed by atoms with Gasteiger partial charge < -0.3 is 5.73 Å². The molecule has 2 nitrogen and oxygen atoms in total. The summed E-state index contributed by atoms with van der Waals surface area (Å²) in [6.45, 7) is 2.42. The van der Waals surface area contributed by atoms with Crippen molar-refractivity contribution >= 4 is 5.78 Å². The van der Waals surface area contributed by atoms with E-state index in [1.54, 1.807) is 0 Å². The van der Waals surface area contributed by atoms with Gasteiger partial charge in [-0.3, -0.25) is 4.79 Å². The van der Waals surface area contributed by atoms with Gasteiger partial charge in [-0.2, -0.15) is 0 Å². The first kappa shape index (κ1) is 8.19. The predicted molar refractivity (Wildman–Crippen MR) is 36.7 cm³/mol. The monoisotopic (exact) mass is 125 g/mol. The lowest BCUT2D eigenvalue weighted by Gasteiger charge is -2.01. The molecule has 0 rings (SSSR count). The van der Waals surface area contributed by atoms with E-state index in [0.717, 1.165) is 0 Å². The molecule has 0 aromatic rings. The summed E-state index contributed by atoms with van der Waals surface area (Å²) in [5.41, 5.74) is 5.25. The molecule has 2 heteroatoms. The number of terminal acetylenes is 1. The van der Waals surface area contributed by atoms with Gasteiger partial charge >= 0.3 is 0 Å². The van der Waals surface area contributed by atoms with E-state index >= 15 is 0 Å². The molecule has 0 aliphatic carbocycles. The summed E-state index contributed by atoms with van der Waals surface area (Å²) >= 11 is 0. The zero-order chi connectivity index (χ0) is 7.28. The first-order chi connectivity index (χ1) is 4.20. The van der Waals surface area contributed by atoms with Gasteiger partial charge in [0.05, 0.1) is 0 Å². The van der Waals surface area contributed by atoms with Crippen LogP contribution in [0.3, 0.4) is 0 Å². The normalized spacial score (nSPS) is 12.1. The van der Waals surface area contributed by atoms with Crippen LogP contribution in [0, 0.1) is 18.3 Å². The van der Waals surface area contributed by atoms with Crippen LogP contribution in [0.5, 0.6) is 0 Å². The third kappa shape index (κ3) is 3.75. The van der Waals surface area contributed by atoms with Gasteiger partial charge in [0.25, 0.3) is 0 Å². The lowest BCUT2D eigenvalue weighted by atomic mass is 10.1. The summed E-state index contributed by atoms with van der Waals surface area (Å²) in [5, 5.41) is 0. The lowest BCUT2D eigenvalue weighted by molar-refractivity contribution is -0.114. The molecule has 0 aliphatic rings. The fourth-order valence-corrected chi connectivity index (χ4v) is 0.459. The van der Waals surface area contributed by atoms with Gasteiger partial charge in [-0.1, -0.05) is 6.92 Å². The van der Waals surface area contributed by atoms with Crippen molar-refractivity contribution in [3.63, 3.8) is 0 Å². The molecular formula is C7H11NO. The Labute approximate surface area is 55.4 Å². The van der Waals surface area contributed by atoms with Crippen molar-refractivity contribution in [3.8, 4) is 12.3 Å². The zero-order valence-corrected chi connectivity index (χ0v) is 5.55. The molecule has 0 saturated heterocycles. The van der Waals surface area contributed by atoms with Crippen LogP contribution < -0.4 is 5.73 Å². The van der Waals surface area contributed by atoms with Crippen molar-refractivity contribution in [3.05, 3.63) is 0 Å². The first-order valence-electron chi connectivity index (χ1n) is 2.90. The largest absolute Gasteiger partial charge is 0.330 e. The van der Waals surface area contributed by atoms with Crippen molar-refractivity contribution in [2.75, 3.05) is 6.54 Å². The van der Waals surface area contributed by atoms with Crippen LogP contribution >= 0.6 is 0 Å². The van der Waals surface area contributed by atoms with E-state index in [1.807, 2.05) is 12.8 Å². The number of rotatable bonds is 3. The first-order valence-corrected chi connectivity index (χ1v) is 2.90. The molecule has 9 heavy (non-hydrogen) atoms. The summed E-state index contributed by atoms with van der Waals surface area (Å²) < 4.78 is 0. The molecule has 0 heterocycles. The van der Waals surface area contributed by atoms with E-state index in [-0.39, 0.29) is 11.7 Å². The lowest BCUT2D eigenvalue weighted by Crippen LogP contribution is -2.13. The number of Topliss-reactive ketones (excluding diaryl/α,β-unsaturated/α-hetero) is 1. The van der Waals surface area contributed by atoms with Crippen molar-refractivity contribution in [1.29, 1.82) is 0 Å². The molecule has 0 radical (unpaired) electrons. The molecule has 0 bridgehead atoms. The van der Waals surface area contributed by atoms with Crippen LogP contribution in [0.1, 0.15) is 13.3 Å². The maximum Gasteiger partial charge on any atom is 0.205 e. The van der Waals surface area contributed by atoms with Crippen molar-refractivity contribution in [1.82, 2.24) is 0 Å². The summed E-state index contributed by atoms with van der Waals surface area (Å²) in [6.07, 6.45) is 5.24. The smallest absolute Gasteiger partial charge is 0.205 e. The second-order valence-corrected chi connectivity index (χ2v) is 2.11. The van der Waals surface area contributed by atoms with Gasteiger partial charge in [-0.25, -0.2) is 0 Å². The van der Waals surface area contributed by atoms with Crippen molar-refractivity contribution in [2.45, 2.75) is 13.3 Å². The summed E-state index contributed by atoms with van der Waals surface area (Å²) in [6, 6.07) is 0. The van der Waals surface area contributed by atoms with E-state index in [9.17, 15) is 4.79 Å². The minimum atomic E-state index is -0.159. The average molecular weight is 125 g/mol. The number of ketones is 1. The Morgan fingerprint density at radius 3 is 2.78 bits per heavy atom. The van der Waals surface area contributed by atoms with Crippen LogP contribution in [0.25, 0.3) is 0 Å². The van der Waals surface area contributed by atoms with E-state index in [4.69, 9.17) is 12.2 Å². The van der Waals surface area contributed by atoms with E-state index < -0.39 is 0 Å². The quantitative estimate of drug-likeness (QED) is 0.431. The second kappa shape index (κ2) is 4.11. The zero-order valence-electron chi connectivity index (χ0n) is 5.55. The Morgan fingerprint density at radius 2 is 2.44 bits per heavy atom. The fourth-order valence-electron chi connectivity index (χ4n) is 0.459. The number of hydrogen-bond donors (Lipinski definition) is 1. The molecule has 0 saturated carbocycles. The van der Waals surface area contributed by atoms with E-state index in [1.165, 1.54) is 0 Å². The van der Waals surface area contributed by atoms with Gasteiger partial charge in [0.1, 0.15) is 0 Å². The van der Waals surface area contributed by atoms with Crippen molar-refractivity contribution in [2.24, 2.45) is 11.7 Å². The number of nitrogens with two attached hydrogens (primary N) is 1. The van der Waals surface area contributed by atoms with Crippen LogP contribution in [0.15, 0.2) is 0 Å². The summed E-state index contributed by atoms with van der Waals surface area (Å²) in [7, 11) is 0. The van der Waals surface area contributed by atoms with Crippen LogP contribution in [-0.2, 0) is 4.79 Å². The predicted octanol–water partition coefficient (Wildman–Crippen LogP) is 0.174. The van der Waals surface area contributed by atoms with Gasteiger partial charge in [0, 0.05) is 6.42 Å². The third-order valence-electron chi connectivity index (χ3n) is 1.10. The SMILES string of the molecule is C#CC(=O)CC(C)CN. The molecule has 2 N–H and O–H groups in total. The van der Waals surface area contributed by atoms with Gasteiger partial charge in [0.15, 0.2) is 0 Å². The minimum absolute atomic E-state index is 0.159. The van der Waals surface area contributed by atoms with Gasteiger partial charge in [-0.15, -0.1) is 6.42 Å². The van der Waals surface area contributed by atoms with Crippen LogP contribution in [0.4, 0.5) is 0 Å². The number of hydrogen-bond acceptors (Lipinski definition) is 2. The maximum atomic E-state index is 10.5. The Morgan fingerprint density at radius 1 is 1.89 bits per heavy atom. The molecule has 0 fully saturated rings. The molecule has 1 atom stereocenters. The molecule has 1 unspecified atom stereocenters. The Kier molecular flexibility index (Phi) is 3.74. The standard InChI is InChI=1S/C7H11NO/c1-3-7(9)4-6(2)5-8/h1,6H,4-5,8H2,2H3. The Balaban J connectivity index is 3.50. The summed E-state index contributed by atoms with van der Waals surface area (Å²) in [4.78, 5) is 10.5. The average Bonchev–Trinajstić information content (AvgIpc) is 1.87. The number of carbonyl (C=O) groups is 1. The maximum absolute atomic E-state index is 10.5. The van der Waals surface area contributed by atoms with Crippen molar-refractivity contribution < 1.29 is 4.79 Å². The molecule has 0 aromatic carbocycles. The van der Waals surface area contributed by atoms with Crippen LogP contribution in [0.2, 0.25) is 0 Å².